The van der Waals surface area contributed by atoms with Crippen LogP contribution in [0.4, 0.5) is 11.5 Å². The largest absolute Gasteiger partial charge is 0.389 e. The second-order valence-electron chi connectivity index (χ2n) is 4.98. The summed E-state index contributed by atoms with van der Waals surface area (Å²) in [6, 6.07) is 12.3. The molecule has 0 fully saturated rings. The van der Waals surface area contributed by atoms with Crippen LogP contribution in [0.5, 0.6) is 0 Å². The Hall–Kier alpha value is -1.94. The monoisotopic (exact) mass is 283 g/mol. The van der Waals surface area contributed by atoms with Gasteiger partial charge in [-0.05, 0) is 43.0 Å². The lowest BCUT2D eigenvalue weighted by Gasteiger charge is -2.25. The average Bonchev–Trinajstić information content (AvgIpc) is 2.69. The molecule has 0 amide bonds. The van der Waals surface area contributed by atoms with Crippen molar-refractivity contribution in [3.63, 3.8) is 0 Å². The maximum Gasteiger partial charge on any atom is 0.143 e. The van der Waals surface area contributed by atoms with E-state index in [0.717, 1.165) is 30.8 Å². The van der Waals surface area contributed by atoms with Crippen LogP contribution in [0.2, 0.25) is 0 Å². The van der Waals surface area contributed by atoms with Gasteiger partial charge in [0.1, 0.15) is 10.8 Å². The zero-order chi connectivity index (χ0) is 13.9. The first-order valence-corrected chi connectivity index (χ1v) is 7.28. The van der Waals surface area contributed by atoms with Gasteiger partial charge < -0.3 is 10.6 Å². The highest BCUT2D eigenvalue weighted by molar-refractivity contribution is 7.80. The third kappa shape index (κ3) is 2.39. The Morgan fingerprint density at radius 3 is 2.85 bits per heavy atom. The molecule has 1 aromatic carbocycles. The molecule has 0 unspecified atom stereocenters. The molecule has 20 heavy (non-hydrogen) atoms. The van der Waals surface area contributed by atoms with E-state index in [1.165, 1.54) is 17.7 Å². The number of thiocarbonyl (C=S) groups is 1. The van der Waals surface area contributed by atoms with E-state index in [2.05, 4.69) is 34.1 Å². The van der Waals surface area contributed by atoms with Crippen LogP contribution >= 0.6 is 12.2 Å². The summed E-state index contributed by atoms with van der Waals surface area (Å²) < 4.78 is 0. The molecule has 1 aromatic heterocycles. The van der Waals surface area contributed by atoms with Gasteiger partial charge in [-0.2, -0.15) is 0 Å². The number of aryl methyl sites for hydroxylation is 1. The molecular weight excluding hydrogens is 266 g/mol. The van der Waals surface area contributed by atoms with E-state index < -0.39 is 0 Å². The Morgan fingerprint density at radius 1 is 1.15 bits per heavy atom. The molecule has 0 saturated heterocycles. The minimum absolute atomic E-state index is 0.398. The molecule has 3 nitrogen and oxygen atoms in total. The number of anilines is 2. The van der Waals surface area contributed by atoms with Crippen molar-refractivity contribution in [1.82, 2.24) is 4.98 Å². The topological polar surface area (TPSA) is 42.1 Å². The van der Waals surface area contributed by atoms with Gasteiger partial charge in [-0.3, -0.25) is 0 Å². The number of hydrogen-bond acceptors (Lipinski definition) is 3. The first-order valence-electron chi connectivity index (χ1n) is 6.87. The van der Waals surface area contributed by atoms with Gasteiger partial charge in [-0.1, -0.05) is 30.4 Å². The zero-order valence-corrected chi connectivity index (χ0v) is 12.1. The van der Waals surface area contributed by atoms with Gasteiger partial charge in [0, 0.05) is 18.4 Å². The fourth-order valence-electron chi connectivity index (χ4n) is 2.72. The van der Waals surface area contributed by atoms with Gasteiger partial charge in [0.05, 0.1) is 5.56 Å². The van der Waals surface area contributed by atoms with Gasteiger partial charge in [0.2, 0.25) is 0 Å². The van der Waals surface area contributed by atoms with Crippen molar-refractivity contribution in [3.8, 4) is 0 Å². The Balaban J connectivity index is 2.13. The minimum Gasteiger partial charge on any atom is -0.389 e. The third-order valence-electron chi connectivity index (χ3n) is 3.67. The van der Waals surface area contributed by atoms with E-state index in [4.69, 9.17) is 18.0 Å². The lowest BCUT2D eigenvalue weighted by atomic mass is 10.1. The van der Waals surface area contributed by atoms with Crippen LogP contribution in [-0.4, -0.2) is 16.5 Å². The van der Waals surface area contributed by atoms with Crippen LogP contribution in [0.25, 0.3) is 0 Å². The Morgan fingerprint density at radius 2 is 2.00 bits per heavy atom. The maximum absolute atomic E-state index is 5.85. The quantitative estimate of drug-likeness (QED) is 0.860. The third-order valence-corrected chi connectivity index (χ3v) is 3.89. The molecule has 0 radical (unpaired) electrons. The normalized spacial score (nSPS) is 14.5. The molecule has 4 heteroatoms. The number of fused-ring (bicyclic) bond motifs is 1. The van der Waals surface area contributed by atoms with Gasteiger partial charge in [0.25, 0.3) is 0 Å². The van der Waals surface area contributed by atoms with Crippen molar-refractivity contribution in [2.75, 3.05) is 11.4 Å². The summed E-state index contributed by atoms with van der Waals surface area (Å²) in [7, 11) is 0. The molecule has 102 valence electrons. The highest BCUT2D eigenvalue weighted by atomic mass is 32.1. The number of rotatable bonds is 2. The Bertz CT molecular complexity index is 639. The van der Waals surface area contributed by atoms with Crippen molar-refractivity contribution in [3.05, 3.63) is 53.7 Å². The first kappa shape index (κ1) is 13.1. The smallest absolute Gasteiger partial charge is 0.143 e. The number of nitrogens with zero attached hydrogens (tertiary/aromatic N) is 2. The molecular formula is C16H17N3S. The van der Waals surface area contributed by atoms with Crippen molar-refractivity contribution < 1.29 is 0 Å². The van der Waals surface area contributed by atoms with Crippen LogP contribution in [0.1, 0.15) is 24.0 Å². The van der Waals surface area contributed by atoms with Crippen LogP contribution in [0, 0.1) is 0 Å². The number of aromatic nitrogens is 1. The number of nitrogens with two attached hydrogens (primary N) is 1. The highest BCUT2D eigenvalue weighted by Crippen LogP contribution is 2.32. The predicted molar refractivity (Wildman–Crippen MR) is 86.5 cm³/mol. The van der Waals surface area contributed by atoms with Gasteiger partial charge in [-0.25, -0.2) is 4.98 Å². The highest BCUT2D eigenvalue weighted by Gasteiger charge is 2.20. The summed E-state index contributed by atoms with van der Waals surface area (Å²) in [6.45, 7) is 0.948. The molecule has 0 atom stereocenters. The Labute approximate surface area is 124 Å². The minimum atomic E-state index is 0.398. The zero-order valence-electron chi connectivity index (χ0n) is 11.2. The molecule has 0 bridgehead atoms. The summed E-state index contributed by atoms with van der Waals surface area (Å²) in [5, 5.41) is 0. The number of pyridine rings is 1. The van der Waals surface area contributed by atoms with Crippen molar-refractivity contribution in [2.24, 2.45) is 5.73 Å². The molecule has 2 aromatic rings. The van der Waals surface area contributed by atoms with E-state index in [1.54, 1.807) is 6.20 Å². The van der Waals surface area contributed by atoms with Gasteiger partial charge in [0.15, 0.2) is 0 Å². The Kier molecular flexibility index (Phi) is 3.65. The fourth-order valence-corrected chi connectivity index (χ4v) is 2.88. The second-order valence-corrected chi connectivity index (χ2v) is 5.42. The van der Waals surface area contributed by atoms with Crippen molar-refractivity contribution in [2.45, 2.75) is 19.3 Å². The second kappa shape index (κ2) is 5.59. The maximum atomic E-state index is 5.85. The summed E-state index contributed by atoms with van der Waals surface area (Å²) in [5.74, 6) is 0.870. The van der Waals surface area contributed by atoms with Gasteiger partial charge in [-0.15, -0.1) is 0 Å². The van der Waals surface area contributed by atoms with Gasteiger partial charge >= 0.3 is 0 Å². The summed E-state index contributed by atoms with van der Waals surface area (Å²) in [6.07, 6.45) is 5.25. The lowest BCUT2D eigenvalue weighted by molar-refractivity contribution is 0.757. The first-order chi connectivity index (χ1) is 9.77. The molecule has 1 aliphatic rings. The van der Waals surface area contributed by atoms with Crippen LogP contribution in [-0.2, 0) is 6.42 Å². The van der Waals surface area contributed by atoms with E-state index in [-0.39, 0.29) is 0 Å². The van der Waals surface area contributed by atoms with Crippen LogP contribution in [0.15, 0.2) is 42.6 Å². The summed E-state index contributed by atoms with van der Waals surface area (Å²) >= 11 is 5.16. The molecule has 0 saturated carbocycles. The molecule has 3 rings (SSSR count). The molecule has 0 aliphatic carbocycles. The van der Waals surface area contributed by atoms with E-state index in [9.17, 15) is 0 Å². The molecule has 0 spiro atoms. The predicted octanol–water partition coefficient (Wildman–Crippen LogP) is 3.19. The number of benzene rings is 1. The average molecular weight is 283 g/mol. The van der Waals surface area contributed by atoms with E-state index >= 15 is 0 Å². The summed E-state index contributed by atoms with van der Waals surface area (Å²) in [4.78, 5) is 7.17. The van der Waals surface area contributed by atoms with E-state index in [0.29, 0.717) is 4.99 Å². The standard InChI is InChI=1S/C16H17N3S/c17-15(20)13-8-5-10-18-16(13)19-11-4-3-7-12-6-1-2-9-14(12)19/h1-2,5-6,8-10H,3-4,7,11H2,(H2,17,20). The molecule has 2 heterocycles. The molecule has 2 N–H and O–H groups in total. The molecule has 1 aliphatic heterocycles. The summed E-state index contributed by atoms with van der Waals surface area (Å²) in [5.41, 5.74) is 9.28. The van der Waals surface area contributed by atoms with Crippen LogP contribution < -0.4 is 10.6 Å². The number of para-hydroxylation sites is 1. The van der Waals surface area contributed by atoms with Crippen molar-refractivity contribution in [1.29, 1.82) is 0 Å². The van der Waals surface area contributed by atoms with Crippen LogP contribution in [0.3, 0.4) is 0 Å². The van der Waals surface area contributed by atoms with Crippen molar-refractivity contribution >= 4 is 28.7 Å². The fraction of sp³-hybridized carbons (Fsp3) is 0.250. The lowest BCUT2D eigenvalue weighted by Crippen LogP contribution is -2.23. The number of hydrogen-bond donors (Lipinski definition) is 1. The SMILES string of the molecule is NC(=S)c1cccnc1N1CCCCc2ccccc21. The van der Waals surface area contributed by atoms with E-state index in [1.807, 2.05) is 12.1 Å².